The summed E-state index contributed by atoms with van der Waals surface area (Å²) in [6, 6.07) is 52.5. The minimum Gasteiger partial charge on any atom is -0.309 e. The van der Waals surface area contributed by atoms with Crippen molar-refractivity contribution >= 4 is 43.6 Å². The van der Waals surface area contributed by atoms with Gasteiger partial charge in [-0.1, -0.05) is 185 Å². The standard InChI is InChI=1S/C69H77N5/c1-64(2,3)44-28-30-58-53(38-44)54-39-45(65(4,5)6)29-31-59(54)73(58)51-40-55-52-26-22-23-27-57(52)74(50-24-20-19-21-25-50)60(55)56(41-51)63-71-61(42-32-46(66(7,8)9)36-47(33-42)67(10,11)12)70-62(72-63)43-34-48(68(13,14)15)37-49(35-43)69(16,17)18/h19-41H,1-18H3. The lowest BCUT2D eigenvalue weighted by Gasteiger charge is -2.26. The lowest BCUT2D eigenvalue weighted by molar-refractivity contribution is 0.568. The molecule has 0 atom stereocenters. The number of aromatic nitrogens is 5. The summed E-state index contributed by atoms with van der Waals surface area (Å²) in [5.74, 6) is 1.93. The van der Waals surface area contributed by atoms with Gasteiger partial charge in [-0.05, 0) is 145 Å². The molecule has 0 saturated heterocycles. The van der Waals surface area contributed by atoms with Crippen LogP contribution in [-0.4, -0.2) is 24.1 Å². The van der Waals surface area contributed by atoms with Gasteiger partial charge in [0.25, 0.3) is 0 Å². The Morgan fingerprint density at radius 3 is 1.11 bits per heavy atom. The van der Waals surface area contributed by atoms with E-state index in [9.17, 15) is 0 Å². The van der Waals surface area contributed by atoms with E-state index in [0.29, 0.717) is 17.5 Å². The molecule has 0 fully saturated rings. The third kappa shape index (κ3) is 9.26. The summed E-state index contributed by atoms with van der Waals surface area (Å²) in [7, 11) is 0. The zero-order valence-corrected chi connectivity index (χ0v) is 47.5. The van der Waals surface area contributed by atoms with Crippen LogP contribution in [0.5, 0.6) is 0 Å². The van der Waals surface area contributed by atoms with Crippen LogP contribution in [0.15, 0.2) is 140 Å². The molecule has 0 N–H and O–H groups in total. The molecule has 7 aromatic carbocycles. The van der Waals surface area contributed by atoms with Gasteiger partial charge in [-0.3, -0.25) is 0 Å². The van der Waals surface area contributed by atoms with Crippen molar-refractivity contribution in [2.75, 3.05) is 0 Å². The molecule has 0 aliphatic carbocycles. The predicted octanol–water partition coefficient (Wildman–Crippen LogP) is 18.9. The second kappa shape index (κ2) is 17.4. The first-order chi connectivity index (χ1) is 34.4. The Labute approximate surface area is 441 Å². The fraction of sp³-hybridized carbons (Fsp3) is 0.348. The van der Waals surface area contributed by atoms with Crippen molar-refractivity contribution in [1.29, 1.82) is 0 Å². The van der Waals surface area contributed by atoms with Gasteiger partial charge in [-0.25, -0.2) is 15.0 Å². The van der Waals surface area contributed by atoms with Gasteiger partial charge < -0.3 is 9.13 Å². The Morgan fingerprint density at radius 1 is 0.284 bits per heavy atom. The number of rotatable bonds is 5. The molecule has 10 rings (SSSR count). The topological polar surface area (TPSA) is 48.5 Å². The van der Waals surface area contributed by atoms with E-state index in [1.165, 1.54) is 44.2 Å². The number of hydrogen-bond donors (Lipinski definition) is 0. The van der Waals surface area contributed by atoms with Gasteiger partial charge in [-0.2, -0.15) is 0 Å². The highest BCUT2D eigenvalue weighted by molar-refractivity contribution is 6.15. The Hall–Kier alpha value is -6.85. The highest BCUT2D eigenvalue weighted by atomic mass is 15.1. The molecule has 0 aliphatic rings. The zero-order chi connectivity index (χ0) is 53.2. The van der Waals surface area contributed by atoms with Crippen molar-refractivity contribution < 1.29 is 0 Å². The lowest BCUT2D eigenvalue weighted by atomic mass is 9.79. The Morgan fingerprint density at radius 2 is 0.676 bits per heavy atom. The fourth-order valence-corrected chi connectivity index (χ4v) is 10.5. The Kier molecular flexibility index (Phi) is 11.9. The van der Waals surface area contributed by atoms with E-state index in [1.54, 1.807) is 0 Å². The quantitative estimate of drug-likeness (QED) is 0.173. The number of nitrogens with zero attached hydrogens (tertiary/aromatic N) is 5. The Balaban J connectivity index is 1.39. The van der Waals surface area contributed by atoms with Crippen LogP contribution in [0.3, 0.4) is 0 Å². The zero-order valence-electron chi connectivity index (χ0n) is 47.5. The minimum atomic E-state index is -0.113. The second-order valence-electron chi connectivity index (χ2n) is 27.3. The van der Waals surface area contributed by atoms with Crippen molar-refractivity contribution in [1.82, 2.24) is 24.1 Å². The molecule has 3 heterocycles. The normalized spacial score (nSPS) is 13.3. The molecule has 3 aromatic heterocycles. The van der Waals surface area contributed by atoms with Gasteiger partial charge in [-0.15, -0.1) is 0 Å². The number of fused-ring (bicyclic) bond motifs is 6. The third-order valence-electron chi connectivity index (χ3n) is 15.2. The molecule has 0 aliphatic heterocycles. The summed E-state index contributed by atoms with van der Waals surface area (Å²) in [6.45, 7) is 41.4. The predicted molar refractivity (Wildman–Crippen MR) is 317 cm³/mol. The largest absolute Gasteiger partial charge is 0.309 e. The highest BCUT2D eigenvalue weighted by Crippen LogP contribution is 2.44. The highest BCUT2D eigenvalue weighted by Gasteiger charge is 2.28. The van der Waals surface area contributed by atoms with Crippen molar-refractivity contribution in [3.05, 3.63) is 173 Å². The molecule has 0 spiro atoms. The molecule has 0 saturated carbocycles. The van der Waals surface area contributed by atoms with Crippen molar-refractivity contribution in [2.24, 2.45) is 0 Å². The number of benzene rings is 7. The van der Waals surface area contributed by atoms with Gasteiger partial charge in [0.15, 0.2) is 17.5 Å². The molecule has 5 nitrogen and oxygen atoms in total. The maximum atomic E-state index is 5.72. The molecule has 5 heteroatoms. The third-order valence-corrected chi connectivity index (χ3v) is 15.2. The average Bonchev–Trinajstić information content (AvgIpc) is 3.85. The molecule has 378 valence electrons. The van der Waals surface area contributed by atoms with E-state index >= 15 is 0 Å². The molecule has 74 heavy (non-hydrogen) atoms. The van der Waals surface area contributed by atoms with E-state index < -0.39 is 0 Å². The van der Waals surface area contributed by atoms with Gasteiger partial charge in [0.05, 0.1) is 22.1 Å². The summed E-state index contributed by atoms with van der Waals surface area (Å²) < 4.78 is 4.90. The van der Waals surface area contributed by atoms with Crippen molar-refractivity contribution in [2.45, 2.75) is 157 Å². The monoisotopic (exact) mass is 976 g/mol. The summed E-state index contributed by atoms with van der Waals surface area (Å²) in [5, 5.41) is 4.79. The SMILES string of the molecule is CC(C)(C)c1cc(-c2nc(-c3cc(C(C)(C)C)cc(C(C)(C)C)c3)nc(-c3cc(-n4c5ccc(C(C)(C)C)cc5c5cc(C(C)(C)C)ccc54)cc4c5ccccc5n(-c5ccccc5)c34)n2)cc(C(C)(C)C)c1. The van der Waals surface area contributed by atoms with Crippen LogP contribution in [0.4, 0.5) is 0 Å². The summed E-state index contributed by atoms with van der Waals surface area (Å²) in [5.41, 5.74) is 16.6. The van der Waals surface area contributed by atoms with Gasteiger partial charge in [0, 0.05) is 49.6 Å². The van der Waals surface area contributed by atoms with Gasteiger partial charge >= 0.3 is 0 Å². The van der Waals surface area contributed by atoms with Crippen LogP contribution >= 0.6 is 0 Å². The molecule has 0 bridgehead atoms. The number of para-hydroxylation sites is 2. The summed E-state index contributed by atoms with van der Waals surface area (Å²) >= 11 is 0. The summed E-state index contributed by atoms with van der Waals surface area (Å²) in [6.07, 6.45) is 0. The maximum Gasteiger partial charge on any atom is 0.166 e. The van der Waals surface area contributed by atoms with Crippen LogP contribution < -0.4 is 0 Å². The molecular weight excluding hydrogens is 899 g/mol. The Bertz CT molecular complexity index is 3590. The van der Waals surface area contributed by atoms with E-state index in [1.807, 2.05) is 0 Å². The van der Waals surface area contributed by atoms with Crippen molar-refractivity contribution in [3.8, 4) is 45.5 Å². The van der Waals surface area contributed by atoms with E-state index in [0.717, 1.165) is 60.9 Å². The molecule has 0 amide bonds. The minimum absolute atomic E-state index is 0.0240. The lowest BCUT2D eigenvalue weighted by Crippen LogP contribution is -2.17. The van der Waals surface area contributed by atoms with Gasteiger partial charge in [0.1, 0.15) is 0 Å². The number of hydrogen-bond acceptors (Lipinski definition) is 3. The molecular formula is C69H77N5. The molecule has 0 radical (unpaired) electrons. The first-order valence-corrected chi connectivity index (χ1v) is 26.8. The molecule has 10 aromatic rings. The average molecular weight is 976 g/mol. The van der Waals surface area contributed by atoms with E-state index in [4.69, 9.17) is 15.0 Å². The maximum absolute atomic E-state index is 5.72. The van der Waals surface area contributed by atoms with Crippen LogP contribution in [0, 0.1) is 0 Å². The van der Waals surface area contributed by atoms with E-state index in [-0.39, 0.29) is 32.5 Å². The summed E-state index contributed by atoms with van der Waals surface area (Å²) in [4.78, 5) is 17.0. The van der Waals surface area contributed by atoms with E-state index in [2.05, 4.69) is 273 Å². The van der Waals surface area contributed by atoms with Crippen LogP contribution in [-0.2, 0) is 32.5 Å². The van der Waals surface area contributed by atoms with Crippen LogP contribution in [0.2, 0.25) is 0 Å². The smallest absolute Gasteiger partial charge is 0.166 e. The second-order valence-corrected chi connectivity index (χ2v) is 27.3. The first kappa shape index (κ1) is 50.7. The van der Waals surface area contributed by atoms with Crippen molar-refractivity contribution in [3.63, 3.8) is 0 Å². The van der Waals surface area contributed by atoms with Crippen LogP contribution in [0.1, 0.15) is 158 Å². The first-order valence-electron chi connectivity index (χ1n) is 26.8. The molecule has 0 unspecified atom stereocenters. The van der Waals surface area contributed by atoms with Crippen LogP contribution in [0.25, 0.3) is 89.2 Å². The van der Waals surface area contributed by atoms with Gasteiger partial charge in [0.2, 0.25) is 0 Å². The fourth-order valence-electron chi connectivity index (χ4n) is 10.5.